The summed E-state index contributed by atoms with van der Waals surface area (Å²) in [5.74, 6) is -0.301. The number of aryl methyl sites for hydroxylation is 1. The van der Waals surface area contributed by atoms with Crippen LogP contribution >= 0.6 is 11.6 Å². The van der Waals surface area contributed by atoms with Gasteiger partial charge >= 0.3 is 5.97 Å². The lowest BCUT2D eigenvalue weighted by Gasteiger charge is -2.07. The number of fused-ring (bicyclic) bond motifs is 1. The van der Waals surface area contributed by atoms with Crippen molar-refractivity contribution in [1.82, 2.24) is 9.99 Å². The van der Waals surface area contributed by atoms with Crippen LogP contribution in [0, 0.1) is 6.92 Å². The molecule has 3 aromatic rings. The lowest BCUT2D eigenvalue weighted by Crippen LogP contribution is -2.24. The summed E-state index contributed by atoms with van der Waals surface area (Å²) in [6.45, 7) is 6.48. The van der Waals surface area contributed by atoms with Crippen molar-refractivity contribution in [2.45, 2.75) is 27.3 Å². The third-order valence-electron chi connectivity index (χ3n) is 4.73. The summed E-state index contributed by atoms with van der Waals surface area (Å²) in [7, 11) is 0. The number of halogens is 1. The average Bonchev–Trinajstić information content (AvgIpc) is 3.04. The highest BCUT2D eigenvalue weighted by atomic mass is 35.5. The molecule has 3 rings (SSSR count). The van der Waals surface area contributed by atoms with Gasteiger partial charge in [0.25, 0.3) is 5.91 Å². The second-order valence-electron chi connectivity index (χ2n) is 6.74. The van der Waals surface area contributed by atoms with Crippen molar-refractivity contribution in [1.29, 1.82) is 0 Å². The van der Waals surface area contributed by atoms with E-state index >= 15 is 0 Å². The first kappa shape index (κ1) is 22.4. The number of aromatic nitrogens is 1. The van der Waals surface area contributed by atoms with Crippen molar-refractivity contribution in [2.75, 3.05) is 13.2 Å². The van der Waals surface area contributed by atoms with Crippen molar-refractivity contribution >= 4 is 40.6 Å². The Bertz CT molecular complexity index is 1120. The molecule has 0 bridgehead atoms. The third kappa shape index (κ3) is 5.24. The summed E-state index contributed by atoms with van der Waals surface area (Å²) >= 11 is 5.84. The smallest absolute Gasteiger partial charge is 0.340 e. The first-order valence-corrected chi connectivity index (χ1v) is 10.3. The molecule has 0 saturated carbocycles. The van der Waals surface area contributed by atoms with E-state index in [0.29, 0.717) is 22.9 Å². The van der Waals surface area contributed by atoms with E-state index < -0.39 is 5.91 Å². The highest BCUT2D eigenvalue weighted by molar-refractivity contribution is 6.30. The number of benzene rings is 2. The average molecular weight is 442 g/mol. The number of hydrogen-bond donors (Lipinski definition) is 1. The van der Waals surface area contributed by atoms with E-state index in [4.69, 9.17) is 21.1 Å². The first-order chi connectivity index (χ1) is 14.9. The molecular formula is C23H24ClN3O4. The van der Waals surface area contributed by atoms with Crippen LogP contribution in [0.1, 0.15) is 35.5 Å². The lowest BCUT2D eigenvalue weighted by atomic mass is 10.1. The maximum absolute atomic E-state index is 12.5. The summed E-state index contributed by atoms with van der Waals surface area (Å²) < 4.78 is 12.9. The van der Waals surface area contributed by atoms with Crippen LogP contribution in [0.25, 0.3) is 10.9 Å². The Morgan fingerprint density at radius 2 is 1.90 bits per heavy atom. The third-order valence-corrected chi connectivity index (χ3v) is 4.99. The van der Waals surface area contributed by atoms with Gasteiger partial charge in [-0.15, -0.1) is 0 Å². The number of ether oxygens (including phenoxy) is 2. The van der Waals surface area contributed by atoms with Gasteiger partial charge in [0.2, 0.25) is 0 Å². The number of nitrogens with one attached hydrogen (secondary N) is 1. The van der Waals surface area contributed by atoms with Gasteiger partial charge in [-0.2, -0.15) is 5.10 Å². The van der Waals surface area contributed by atoms with Crippen LogP contribution in [0.3, 0.4) is 0 Å². The molecule has 0 fully saturated rings. The molecule has 0 aliphatic heterocycles. The normalized spacial score (nSPS) is 11.1. The van der Waals surface area contributed by atoms with Gasteiger partial charge in [-0.25, -0.2) is 10.2 Å². The number of hydrazone groups is 1. The van der Waals surface area contributed by atoms with Gasteiger partial charge in [0, 0.05) is 28.2 Å². The minimum atomic E-state index is -0.404. The van der Waals surface area contributed by atoms with Crippen LogP contribution in [-0.4, -0.2) is 35.9 Å². The zero-order chi connectivity index (χ0) is 22.4. The number of amides is 1. The Morgan fingerprint density at radius 3 is 2.58 bits per heavy atom. The van der Waals surface area contributed by atoms with Crippen molar-refractivity contribution in [3.05, 3.63) is 64.3 Å². The van der Waals surface area contributed by atoms with Gasteiger partial charge in [-0.3, -0.25) is 4.79 Å². The molecule has 0 radical (unpaired) electrons. The molecule has 1 N–H and O–H groups in total. The van der Waals surface area contributed by atoms with E-state index in [2.05, 4.69) is 10.5 Å². The van der Waals surface area contributed by atoms with Gasteiger partial charge in [0.15, 0.2) is 6.61 Å². The number of carbonyl (C=O) groups excluding carboxylic acids is 2. The van der Waals surface area contributed by atoms with Gasteiger partial charge in [-0.05, 0) is 56.7 Å². The van der Waals surface area contributed by atoms with Crippen LogP contribution in [0.5, 0.6) is 5.75 Å². The molecule has 0 spiro atoms. The topological polar surface area (TPSA) is 81.9 Å². The maximum Gasteiger partial charge on any atom is 0.340 e. The molecule has 0 aliphatic carbocycles. The summed E-state index contributed by atoms with van der Waals surface area (Å²) in [5.41, 5.74) is 5.48. The van der Waals surface area contributed by atoms with Crippen molar-refractivity contribution in [3.8, 4) is 5.75 Å². The number of hydrogen-bond acceptors (Lipinski definition) is 5. The second kappa shape index (κ2) is 10.1. The van der Waals surface area contributed by atoms with E-state index in [0.717, 1.165) is 28.7 Å². The molecule has 8 heteroatoms. The van der Waals surface area contributed by atoms with Crippen molar-refractivity contribution < 1.29 is 19.1 Å². The molecule has 162 valence electrons. The monoisotopic (exact) mass is 441 g/mol. The summed E-state index contributed by atoms with van der Waals surface area (Å²) in [6.07, 6.45) is 1.52. The van der Waals surface area contributed by atoms with Gasteiger partial charge in [0.1, 0.15) is 5.75 Å². The predicted molar refractivity (Wildman–Crippen MR) is 121 cm³/mol. The molecular weight excluding hydrogens is 418 g/mol. The fourth-order valence-corrected chi connectivity index (χ4v) is 3.45. The Kier molecular flexibility index (Phi) is 7.31. The minimum absolute atomic E-state index is 0.217. The van der Waals surface area contributed by atoms with Gasteiger partial charge < -0.3 is 14.0 Å². The molecule has 0 atom stereocenters. The largest absolute Gasteiger partial charge is 0.484 e. The minimum Gasteiger partial charge on any atom is -0.484 e. The SMILES string of the molecule is CCOC(=O)c1c(C)n(CC)c2ccc(OCC(=O)N/N=C/c3ccc(Cl)cc3)cc12. The van der Waals surface area contributed by atoms with Gasteiger partial charge in [-0.1, -0.05) is 23.7 Å². The van der Waals surface area contributed by atoms with Crippen LogP contribution < -0.4 is 10.2 Å². The molecule has 7 nitrogen and oxygen atoms in total. The van der Waals surface area contributed by atoms with E-state index in [1.807, 2.05) is 24.5 Å². The zero-order valence-corrected chi connectivity index (χ0v) is 18.4. The van der Waals surface area contributed by atoms with E-state index in [9.17, 15) is 9.59 Å². The van der Waals surface area contributed by atoms with E-state index in [-0.39, 0.29) is 12.6 Å². The number of carbonyl (C=O) groups is 2. The summed E-state index contributed by atoms with van der Waals surface area (Å²) in [5, 5.41) is 5.26. The maximum atomic E-state index is 12.5. The predicted octanol–water partition coefficient (Wildman–Crippen LogP) is 4.33. The molecule has 0 saturated heterocycles. The molecule has 0 unspecified atom stereocenters. The molecule has 1 heterocycles. The fourth-order valence-electron chi connectivity index (χ4n) is 3.33. The Hall–Kier alpha value is -3.32. The Morgan fingerprint density at radius 1 is 1.16 bits per heavy atom. The number of rotatable bonds is 8. The number of esters is 1. The van der Waals surface area contributed by atoms with E-state index in [1.54, 1.807) is 43.3 Å². The van der Waals surface area contributed by atoms with Crippen molar-refractivity contribution in [3.63, 3.8) is 0 Å². The molecule has 1 amide bonds. The van der Waals surface area contributed by atoms with Gasteiger partial charge in [0.05, 0.1) is 18.4 Å². The molecule has 1 aromatic heterocycles. The number of nitrogens with zero attached hydrogens (tertiary/aromatic N) is 2. The Balaban J connectivity index is 1.70. The highest BCUT2D eigenvalue weighted by Crippen LogP contribution is 2.30. The highest BCUT2D eigenvalue weighted by Gasteiger charge is 2.21. The quantitative estimate of drug-likeness (QED) is 0.320. The van der Waals surface area contributed by atoms with E-state index in [1.165, 1.54) is 6.21 Å². The summed E-state index contributed by atoms with van der Waals surface area (Å²) in [4.78, 5) is 24.5. The lowest BCUT2D eigenvalue weighted by molar-refractivity contribution is -0.123. The van der Waals surface area contributed by atoms with Crippen LogP contribution in [-0.2, 0) is 16.1 Å². The van der Waals surface area contributed by atoms with Crippen LogP contribution in [0.2, 0.25) is 5.02 Å². The van der Waals surface area contributed by atoms with Crippen LogP contribution in [0.4, 0.5) is 0 Å². The fraction of sp³-hybridized carbons (Fsp3) is 0.261. The standard InChI is InChI=1S/C23H24ClN3O4/c1-4-27-15(3)22(23(29)30-5-2)19-12-18(10-11-20(19)27)31-14-21(28)26-25-13-16-6-8-17(24)9-7-16/h6-13H,4-5,14H2,1-3H3,(H,26,28)/b25-13+. The Labute approximate surface area is 185 Å². The van der Waals surface area contributed by atoms with Crippen LogP contribution in [0.15, 0.2) is 47.6 Å². The first-order valence-electron chi connectivity index (χ1n) is 9.94. The second-order valence-corrected chi connectivity index (χ2v) is 7.17. The molecule has 31 heavy (non-hydrogen) atoms. The molecule has 2 aromatic carbocycles. The summed E-state index contributed by atoms with van der Waals surface area (Å²) in [6, 6.07) is 12.5. The van der Waals surface area contributed by atoms with Crippen molar-refractivity contribution in [2.24, 2.45) is 5.10 Å². The molecule has 0 aliphatic rings. The zero-order valence-electron chi connectivity index (χ0n) is 17.6.